The first-order valence-electron chi connectivity index (χ1n) is 10.0. The smallest absolute Gasteiger partial charge is 0.261 e. The Hall–Kier alpha value is -3.12. The lowest BCUT2D eigenvalue weighted by atomic mass is 10.1. The zero-order chi connectivity index (χ0) is 22.0. The zero-order valence-electron chi connectivity index (χ0n) is 17.7. The Bertz CT molecular complexity index is 1270. The van der Waals surface area contributed by atoms with Gasteiger partial charge in [-0.1, -0.05) is 18.2 Å². The van der Waals surface area contributed by atoms with Crippen molar-refractivity contribution in [1.29, 1.82) is 0 Å². The van der Waals surface area contributed by atoms with Gasteiger partial charge in [0.25, 0.3) is 5.56 Å². The maximum Gasteiger partial charge on any atom is 0.261 e. The number of hydrogen-bond donors (Lipinski definition) is 0. The molecule has 1 aromatic heterocycles. The van der Waals surface area contributed by atoms with E-state index in [0.29, 0.717) is 29.9 Å². The molecule has 0 aliphatic rings. The van der Waals surface area contributed by atoms with Crippen LogP contribution in [0.5, 0.6) is 11.5 Å². The average molecular weight is 479 g/mol. The highest BCUT2D eigenvalue weighted by Gasteiger charge is 2.14. The van der Waals surface area contributed by atoms with Crippen LogP contribution in [0.3, 0.4) is 0 Å². The van der Waals surface area contributed by atoms with E-state index in [1.807, 2.05) is 62.4 Å². The molecule has 0 spiro atoms. The second-order valence-corrected chi connectivity index (χ2v) is 8.23. The van der Waals surface area contributed by atoms with E-state index in [2.05, 4.69) is 22.0 Å². The second-order valence-electron chi connectivity index (χ2n) is 7.38. The van der Waals surface area contributed by atoms with Crippen LogP contribution in [0.25, 0.3) is 22.3 Å². The van der Waals surface area contributed by atoms with Crippen molar-refractivity contribution >= 4 is 26.8 Å². The van der Waals surface area contributed by atoms with Crippen LogP contribution in [0.15, 0.2) is 69.9 Å². The fourth-order valence-corrected chi connectivity index (χ4v) is 4.45. The number of ether oxygens (including phenoxy) is 2. The number of para-hydroxylation sites is 1. The molecule has 1 heterocycles. The lowest BCUT2D eigenvalue weighted by Gasteiger charge is -2.16. The summed E-state index contributed by atoms with van der Waals surface area (Å²) in [6.07, 6.45) is 0. The standard InChI is InChI=1S/C25H23BrN2O3/c1-16-14-17(2)23(21(26)15-16)31-13-12-28-24(18-8-10-19(30-3)11-9-18)27-22-7-5-4-6-20(22)25(28)29/h4-11,14-15H,12-13H2,1-3H3. The first-order chi connectivity index (χ1) is 15.0. The van der Waals surface area contributed by atoms with Crippen molar-refractivity contribution in [1.82, 2.24) is 9.55 Å². The van der Waals surface area contributed by atoms with Gasteiger partial charge in [-0.15, -0.1) is 0 Å². The summed E-state index contributed by atoms with van der Waals surface area (Å²) in [7, 11) is 1.63. The maximum atomic E-state index is 13.3. The van der Waals surface area contributed by atoms with E-state index in [9.17, 15) is 4.79 Å². The predicted octanol–water partition coefficient (Wildman–Crippen LogP) is 5.53. The molecular formula is C25H23BrN2O3. The first kappa shape index (κ1) is 21.1. The largest absolute Gasteiger partial charge is 0.497 e. The van der Waals surface area contributed by atoms with Crippen molar-refractivity contribution in [3.05, 3.63) is 86.6 Å². The van der Waals surface area contributed by atoms with Crippen molar-refractivity contribution in [3.63, 3.8) is 0 Å². The monoisotopic (exact) mass is 478 g/mol. The third-order valence-electron chi connectivity index (χ3n) is 5.14. The molecule has 0 saturated carbocycles. The first-order valence-corrected chi connectivity index (χ1v) is 10.8. The van der Waals surface area contributed by atoms with Gasteiger partial charge >= 0.3 is 0 Å². The minimum atomic E-state index is -0.0836. The lowest BCUT2D eigenvalue weighted by Crippen LogP contribution is -2.26. The maximum absolute atomic E-state index is 13.3. The molecule has 0 aliphatic heterocycles. The normalized spacial score (nSPS) is 11.0. The van der Waals surface area contributed by atoms with Gasteiger partial charge in [0.05, 0.1) is 29.0 Å². The summed E-state index contributed by atoms with van der Waals surface area (Å²) in [6.45, 7) is 4.77. The molecule has 158 valence electrons. The molecule has 0 bridgehead atoms. The average Bonchev–Trinajstić information content (AvgIpc) is 2.76. The van der Waals surface area contributed by atoms with Gasteiger partial charge in [-0.3, -0.25) is 9.36 Å². The molecule has 0 saturated heterocycles. The van der Waals surface area contributed by atoms with E-state index in [-0.39, 0.29) is 5.56 Å². The van der Waals surface area contributed by atoms with E-state index < -0.39 is 0 Å². The minimum Gasteiger partial charge on any atom is -0.497 e. The van der Waals surface area contributed by atoms with Crippen LogP contribution in [-0.4, -0.2) is 23.3 Å². The van der Waals surface area contributed by atoms with Gasteiger partial charge in [-0.05, 0) is 83.4 Å². The summed E-state index contributed by atoms with van der Waals surface area (Å²) >= 11 is 3.58. The molecule has 0 amide bonds. The Balaban J connectivity index is 1.72. The highest BCUT2D eigenvalue weighted by atomic mass is 79.9. The van der Waals surface area contributed by atoms with Crippen molar-refractivity contribution in [3.8, 4) is 22.9 Å². The van der Waals surface area contributed by atoms with Crippen molar-refractivity contribution in [2.75, 3.05) is 13.7 Å². The number of hydrogen-bond acceptors (Lipinski definition) is 4. The summed E-state index contributed by atoms with van der Waals surface area (Å²) in [6, 6.07) is 19.1. The van der Waals surface area contributed by atoms with Crippen LogP contribution >= 0.6 is 15.9 Å². The summed E-state index contributed by atoms with van der Waals surface area (Å²) in [5.41, 5.74) is 3.64. The van der Waals surface area contributed by atoms with Crippen LogP contribution in [0.2, 0.25) is 0 Å². The fourth-order valence-electron chi connectivity index (χ4n) is 3.66. The van der Waals surface area contributed by atoms with Crippen molar-refractivity contribution in [2.24, 2.45) is 0 Å². The van der Waals surface area contributed by atoms with Crippen molar-refractivity contribution in [2.45, 2.75) is 20.4 Å². The van der Waals surface area contributed by atoms with Crippen LogP contribution in [0, 0.1) is 13.8 Å². The SMILES string of the molecule is COc1ccc(-c2nc3ccccc3c(=O)n2CCOc2c(C)cc(C)cc2Br)cc1. The molecule has 4 rings (SSSR count). The molecule has 5 nitrogen and oxygen atoms in total. The summed E-state index contributed by atoms with van der Waals surface area (Å²) < 4.78 is 13.9. The van der Waals surface area contributed by atoms with Crippen LogP contribution in [0.4, 0.5) is 0 Å². The number of methoxy groups -OCH3 is 1. The van der Waals surface area contributed by atoms with Crippen LogP contribution in [-0.2, 0) is 6.54 Å². The number of rotatable bonds is 6. The molecule has 0 aliphatic carbocycles. The number of benzene rings is 3. The Kier molecular flexibility index (Phi) is 6.09. The van der Waals surface area contributed by atoms with Gasteiger partial charge < -0.3 is 9.47 Å². The van der Waals surface area contributed by atoms with Gasteiger partial charge in [0.1, 0.15) is 23.9 Å². The molecule has 0 unspecified atom stereocenters. The van der Waals surface area contributed by atoms with Gasteiger partial charge in [-0.2, -0.15) is 0 Å². The van der Waals surface area contributed by atoms with E-state index >= 15 is 0 Å². The molecule has 3 aromatic carbocycles. The third kappa shape index (κ3) is 4.35. The Morgan fingerprint density at radius 3 is 2.48 bits per heavy atom. The number of fused-ring (bicyclic) bond motifs is 1. The quantitative estimate of drug-likeness (QED) is 0.365. The molecule has 6 heteroatoms. The molecule has 4 aromatic rings. The number of halogens is 1. The molecule has 0 radical (unpaired) electrons. The highest BCUT2D eigenvalue weighted by Crippen LogP contribution is 2.30. The van der Waals surface area contributed by atoms with Gasteiger partial charge in [0.2, 0.25) is 0 Å². The van der Waals surface area contributed by atoms with E-state index in [4.69, 9.17) is 14.5 Å². The lowest BCUT2D eigenvalue weighted by molar-refractivity contribution is 0.293. The molecule has 0 fully saturated rings. The van der Waals surface area contributed by atoms with Crippen LogP contribution < -0.4 is 15.0 Å². The van der Waals surface area contributed by atoms with Crippen LogP contribution in [0.1, 0.15) is 11.1 Å². The van der Waals surface area contributed by atoms with E-state index in [0.717, 1.165) is 32.7 Å². The highest BCUT2D eigenvalue weighted by molar-refractivity contribution is 9.10. The molecule has 0 N–H and O–H groups in total. The molecule has 0 atom stereocenters. The summed E-state index contributed by atoms with van der Waals surface area (Å²) in [4.78, 5) is 18.1. The van der Waals surface area contributed by atoms with Gasteiger partial charge in [-0.25, -0.2) is 4.98 Å². The zero-order valence-corrected chi connectivity index (χ0v) is 19.3. The summed E-state index contributed by atoms with van der Waals surface area (Å²) in [5.74, 6) is 2.15. The van der Waals surface area contributed by atoms with E-state index in [1.54, 1.807) is 17.7 Å². The van der Waals surface area contributed by atoms with Gasteiger partial charge in [0, 0.05) is 5.56 Å². The third-order valence-corrected chi connectivity index (χ3v) is 5.73. The number of aryl methyl sites for hydroxylation is 2. The molecular weight excluding hydrogens is 456 g/mol. The fraction of sp³-hybridized carbons (Fsp3) is 0.200. The second kappa shape index (κ2) is 8.94. The Morgan fingerprint density at radius 1 is 1.03 bits per heavy atom. The number of aromatic nitrogens is 2. The molecule has 31 heavy (non-hydrogen) atoms. The minimum absolute atomic E-state index is 0.0836. The Morgan fingerprint density at radius 2 is 1.77 bits per heavy atom. The summed E-state index contributed by atoms with van der Waals surface area (Å²) in [5, 5.41) is 0.590. The predicted molar refractivity (Wildman–Crippen MR) is 127 cm³/mol. The topological polar surface area (TPSA) is 53.3 Å². The Labute approximate surface area is 189 Å². The van der Waals surface area contributed by atoms with Crippen molar-refractivity contribution < 1.29 is 9.47 Å². The van der Waals surface area contributed by atoms with Gasteiger partial charge in [0.15, 0.2) is 0 Å². The van der Waals surface area contributed by atoms with E-state index in [1.165, 1.54) is 0 Å². The number of nitrogens with zero attached hydrogens (tertiary/aromatic N) is 2.